The van der Waals surface area contributed by atoms with Crippen molar-refractivity contribution in [2.75, 3.05) is 30.5 Å². The quantitative estimate of drug-likeness (QED) is 0.754. The molecule has 0 heterocycles. The summed E-state index contributed by atoms with van der Waals surface area (Å²) in [6, 6.07) is 5.06. The normalized spacial score (nSPS) is 13.4. The first kappa shape index (κ1) is 16.8. The van der Waals surface area contributed by atoms with Gasteiger partial charge in [-0.3, -0.25) is 0 Å². The number of nitrogens with one attached hydrogen (secondary N) is 1. The number of hydrogen-bond donors (Lipinski definition) is 2. The van der Waals surface area contributed by atoms with Crippen LogP contribution >= 0.6 is 0 Å². The Hall–Kier alpha value is -1.27. The van der Waals surface area contributed by atoms with E-state index in [1.807, 2.05) is 6.92 Å². The molecule has 1 rings (SSSR count). The molecule has 0 aliphatic heterocycles. The van der Waals surface area contributed by atoms with E-state index in [0.29, 0.717) is 24.8 Å². The van der Waals surface area contributed by atoms with E-state index in [-0.39, 0.29) is 16.6 Å². The predicted octanol–water partition coefficient (Wildman–Crippen LogP) is 2.15. The number of para-hydroxylation sites is 1. The Labute approximate surface area is 121 Å². The van der Waals surface area contributed by atoms with Crippen LogP contribution in [0.5, 0.6) is 0 Å². The van der Waals surface area contributed by atoms with Crippen molar-refractivity contribution in [2.45, 2.75) is 31.7 Å². The van der Waals surface area contributed by atoms with Crippen LogP contribution in [-0.4, -0.2) is 33.9 Å². The van der Waals surface area contributed by atoms with Gasteiger partial charge in [-0.15, -0.1) is 0 Å². The van der Waals surface area contributed by atoms with E-state index >= 15 is 0 Å². The number of rotatable bonds is 7. The highest BCUT2D eigenvalue weighted by atomic mass is 32.2. The molecule has 3 N–H and O–H groups in total. The smallest absolute Gasteiger partial charge is 0.177 e. The average Bonchev–Trinajstić information content (AvgIpc) is 2.34. The maximum atomic E-state index is 11.7. The van der Waals surface area contributed by atoms with Crippen LogP contribution < -0.4 is 11.1 Å². The van der Waals surface area contributed by atoms with Crippen molar-refractivity contribution in [3.8, 4) is 0 Å². The molecule has 1 aromatic rings. The van der Waals surface area contributed by atoms with Gasteiger partial charge in [0.1, 0.15) is 0 Å². The van der Waals surface area contributed by atoms with E-state index < -0.39 is 9.84 Å². The van der Waals surface area contributed by atoms with Crippen LogP contribution in [0.2, 0.25) is 0 Å². The fourth-order valence-electron chi connectivity index (χ4n) is 1.84. The van der Waals surface area contributed by atoms with Crippen LogP contribution in [0.1, 0.15) is 20.8 Å². The van der Waals surface area contributed by atoms with Gasteiger partial charge >= 0.3 is 0 Å². The summed E-state index contributed by atoms with van der Waals surface area (Å²) in [5.41, 5.74) is 6.86. The second-order valence-corrected chi connectivity index (χ2v) is 7.13. The van der Waals surface area contributed by atoms with Crippen molar-refractivity contribution in [3.63, 3.8) is 0 Å². The fourth-order valence-corrected chi connectivity index (χ4v) is 2.67. The van der Waals surface area contributed by atoms with Gasteiger partial charge in [0, 0.05) is 12.9 Å². The number of nitrogen functional groups attached to an aromatic ring is 1. The summed E-state index contributed by atoms with van der Waals surface area (Å²) < 4.78 is 28.8. The summed E-state index contributed by atoms with van der Waals surface area (Å²) in [6.07, 6.45) is 1.16. The first-order valence-corrected chi connectivity index (χ1v) is 8.59. The number of nitrogens with two attached hydrogens (primary N) is 1. The Bertz CT molecular complexity index is 541. The highest BCUT2D eigenvalue weighted by molar-refractivity contribution is 7.90. The zero-order valence-electron chi connectivity index (χ0n) is 12.5. The molecule has 1 atom stereocenters. The van der Waals surface area contributed by atoms with Crippen LogP contribution in [0.15, 0.2) is 23.1 Å². The van der Waals surface area contributed by atoms with Crippen LogP contribution in [0.4, 0.5) is 11.4 Å². The summed E-state index contributed by atoms with van der Waals surface area (Å²) in [4.78, 5) is 0.154. The lowest BCUT2D eigenvalue weighted by Gasteiger charge is -2.24. The van der Waals surface area contributed by atoms with Crippen LogP contribution in [0, 0.1) is 5.92 Å². The van der Waals surface area contributed by atoms with E-state index in [1.165, 1.54) is 6.07 Å². The predicted molar refractivity (Wildman–Crippen MR) is 82.7 cm³/mol. The molecule has 0 radical (unpaired) electrons. The van der Waals surface area contributed by atoms with Crippen molar-refractivity contribution in [1.82, 2.24) is 0 Å². The van der Waals surface area contributed by atoms with Gasteiger partial charge in [-0.05, 0) is 25.0 Å². The molecule has 0 aromatic heterocycles. The van der Waals surface area contributed by atoms with Gasteiger partial charge < -0.3 is 15.8 Å². The van der Waals surface area contributed by atoms with Crippen molar-refractivity contribution >= 4 is 21.2 Å². The molecule has 0 saturated heterocycles. The van der Waals surface area contributed by atoms with E-state index in [9.17, 15) is 8.42 Å². The minimum atomic E-state index is -3.33. The summed E-state index contributed by atoms with van der Waals surface area (Å²) in [7, 11) is -3.33. The number of ether oxygens (including phenoxy) is 1. The van der Waals surface area contributed by atoms with Gasteiger partial charge in [0.2, 0.25) is 0 Å². The van der Waals surface area contributed by atoms with Gasteiger partial charge in [0.15, 0.2) is 9.84 Å². The number of sulfone groups is 1. The van der Waals surface area contributed by atoms with E-state index in [0.717, 1.165) is 6.26 Å². The van der Waals surface area contributed by atoms with E-state index in [1.54, 1.807) is 12.1 Å². The molecule has 20 heavy (non-hydrogen) atoms. The average molecular weight is 300 g/mol. The molecule has 0 aliphatic rings. The van der Waals surface area contributed by atoms with E-state index in [4.69, 9.17) is 10.5 Å². The second kappa shape index (κ2) is 6.95. The monoisotopic (exact) mass is 300 g/mol. The minimum absolute atomic E-state index is 0.0760. The van der Waals surface area contributed by atoms with Crippen LogP contribution in [0.3, 0.4) is 0 Å². The molecule has 1 aromatic carbocycles. The molecule has 6 heteroatoms. The molecular formula is C14H24N2O3S. The Kier molecular flexibility index (Phi) is 5.83. The standard InChI is InChI=1S/C14H24N2O3S/c1-5-19-9-12(10(2)3)16-11-7-6-8-13(14(11)15)20(4,17)18/h6-8,10,12,16H,5,9,15H2,1-4H3. The fraction of sp³-hybridized carbons (Fsp3) is 0.571. The Morgan fingerprint density at radius 2 is 2.00 bits per heavy atom. The largest absolute Gasteiger partial charge is 0.396 e. The lowest BCUT2D eigenvalue weighted by Crippen LogP contribution is -2.31. The van der Waals surface area contributed by atoms with E-state index in [2.05, 4.69) is 19.2 Å². The Balaban J connectivity index is 3.02. The Morgan fingerprint density at radius 1 is 1.35 bits per heavy atom. The first-order valence-electron chi connectivity index (χ1n) is 6.70. The third-order valence-corrected chi connectivity index (χ3v) is 4.27. The molecule has 0 saturated carbocycles. The Morgan fingerprint density at radius 3 is 2.50 bits per heavy atom. The van der Waals surface area contributed by atoms with Crippen molar-refractivity contribution in [2.24, 2.45) is 5.92 Å². The molecule has 5 nitrogen and oxygen atoms in total. The minimum Gasteiger partial charge on any atom is -0.396 e. The van der Waals surface area contributed by atoms with Crippen molar-refractivity contribution in [1.29, 1.82) is 0 Å². The molecular weight excluding hydrogens is 276 g/mol. The SMILES string of the molecule is CCOCC(Nc1cccc(S(C)(=O)=O)c1N)C(C)C. The highest BCUT2D eigenvalue weighted by Crippen LogP contribution is 2.27. The van der Waals surface area contributed by atoms with Crippen LogP contribution in [-0.2, 0) is 14.6 Å². The summed E-state index contributed by atoms with van der Waals surface area (Å²) in [5.74, 6) is 0.336. The number of anilines is 2. The van der Waals surface area contributed by atoms with Gasteiger partial charge in [-0.2, -0.15) is 0 Å². The third-order valence-electron chi connectivity index (χ3n) is 3.11. The highest BCUT2D eigenvalue weighted by Gasteiger charge is 2.18. The summed E-state index contributed by atoms with van der Waals surface area (Å²) in [5, 5.41) is 3.28. The number of benzene rings is 1. The van der Waals surface area contributed by atoms with Crippen LogP contribution in [0.25, 0.3) is 0 Å². The summed E-state index contributed by atoms with van der Waals surface area (Å²) >= 11 is 0. The van der Waals surface area contributed by atoms with Gasteiger partial charge in [-0.25, -0.2) is 8.42 Å². The lowest BCUT2D eigenvalue weighted by molar-refractivity contribution is 0.127. The van der Waals surface area contributed by atoms with Gasteiger partial charge in [0.25, 0.3) is 0 Å². The molecule has 0 fully saturated rings. The summed E-state index contributed by atoms with van der Waals surface area (Å²) in [6.45, 7) is 7.29. The topological polar surface area (TPSA) is 81.4 Å². The molecule has 0 aliphatic carbocycles. The number of hydrogen-bond acceptors (Lipinski definition) is 5. The molecule has 0 spiro atoms. The first-order chi connectivity index (χ1) is 9.27. The zero-order valence-corrected chi connectivity index (χ0v) is 13.3. The zero-order chi connectivity index (χ0) is 15.3. The molecule has 114 valence electrons. The maximum absolute atomic E-state index is 11.7. The molecule has 1 unspecified atom stereocenters. The third kappa shape index (κ3) is 4.38. The van der Waals surface area contributed by atoms with Gasteiger partial charge in [0.05, 0.1) is 28.9 Å². The maximum Gasteiger partial charge on any atom is 0.177 e. The lowest BCUT2D eigenvalue weighted by atomic mass is 10.0. The van der Waals surface area contributed by atoms with Crippen molar-refractivity contribution in [3.05, 3.63) is 18.2 Å². The van der Waals surface area contributed by atoms with Gasteiger partial charge in [-0.1, -0.05) is 19.9 Å². The molecule has 0 amide bonds. The second-order valence-electron chi connectivity index (χ2n) is 5.14. The van der Waals surface area contributed by atoms with Crippen molar-refractivity contribution < 1.29 is 13.2 Å². The molecule has 0 bridgehead atoms.